The number of ether oxygens (including phenoxy) is 1. The monoisotopic (exact) mass is 497 g/mol. The quantitative estimate of drug-likeness (QED) is 0.473. The first-order valence-corrected chi connectivity index (χ1v) is 11.5. The highest BCUT2D eigenvalue weighted by Crippen LogP contribution is 2.42. The van der Waals surface area contributed by atoms with E-state index in [1.165, 1.54) is 19.1 Å². The second kappa shape index (κ2) is 10.8. The molecule has 0 atom stereocenters. The highest BCUT2D eigenvalue weighted by Gasteiger charge is 2.36. The van der Waals surface area contributed by atoms with Gasteiger partial charge in [-0.3, -0.25) is 15.0 Å². The van der Waals surface area contributed by atoms with E-state index in [1.54, 1.807) is 36.4 Å². The van der Waals surface area contributed by atoms with Crippen LogP contribution >= 0.6 is 0 Å². The van der Waals surface area contributed by atoms with E-state index in [4.69, 9.17) is 4.74 Å². The lowest BCUT2D eigenvalue weighted by Gasteiger charge is -2.29. The van der Waals surface area contributed by atoms with Crippen LogP contribution < -0.4 is 15.4 Å². The van der Waals surface area contributed by atoms with Gasteiger partial charge in [-0.1, -0.05) is 48.5 Å². The van der Waals surface area contributed by atoms with Crippen LogP contribution in [0.3, 0.4) is 0 Å². The molecule has 3 aromatic rings. The van der Waals surface area contributed by atoms with Gasteiger partial charge in [-0.25, -0.2) is 4.79 Å². The standard InChI is InChI=1S/C27H26F3N3O3/c1-18(34)31-13-15-33-14-12-20-16-22(11-10-21(20)17-33)32-26(35)36-25-23(19-6-3-2-4-7-19)8-5-9-24(25)27(28,29)30/h2-11,16H,12-15,17H2,1H3,(H,31,34)(H,32,35). The van der Waals surface area contributed by atoms with Crippen LogP contribution in [0.5, 0.6) is 5.75 Å². The van der Waals surface area contributed by atoms with Crippen LogP contribution in [-0.4, -0.2) is 36.5 Å². The maximum atomic E-state index is 13.7. The number of amides is 2. The maximum absolute atomic E-state index is 13.7. The van der Waals surface area contributed by atoms with E-state index in [1.807, 2.05) is 12.1 Å². The summed E-state index contributed by atoms with van der Waals surface area (Å²) >= 11 is 0. The average molecular weight is 498 g/mol. The van der Waals surface area contributed by atoms with Gasteiger partial charge in [-0.05, 0) is 41.3 Å². The number of fused-ring (bicyclic) bond motifs is 1. The van der Waals surface area contributed by atoms with E-state index < -0.39 is 23.6 Å². The molecule has 1 heterocycles. The Hall–Kier alpha value is -3.85. The Balaban J connectivity index is 1.49. The lowest BCUT2D eigenvalue weighted by atomic mass is 9.99. The molecule has 0 radical (unpaired) electrons. The minimum Gasteiger partial charge on any atom is -0.409 e. The number of nitrogens with one attached hydrogen (secondary N) is 2. The molecule has 0 spiro atoms. The van der Waals surface area contributed by atoms with Crippen molar-refractivity contribution in [3.05, 3.63) is 83.4 Å². The number of alkyl halides is 3. The minimum atomic E-state index is -4.70. The molecule has 1 aliphatic heterocycles. The third-order valence-corrected chi connectivity index (χ3v) is 5.95. The molecule has 2 amide bonds. The fraction of sp³-hybridized carbons (Fsp3) is 0.259. The van der Waals surface area contributed by atoms with Crippen LogP contribution in [0, 0.1) is 0 Å². The SMILES string of the molecule is CC(=O)NCCN1CCc2cc(NC(=O)Oc3c(-c4ccccc4)cccc3C(F)(F)F)ccc2C1. The summed E-state index contributed by atoms with van der Waals surface area (Å²) in [6.45, 7) is 4.28. The van der Waals surface area contributed by atoms with E-state index in [0.29, 0.717) is 24.3 Å². The summed E-state index contributed by atoms with van der Waals surface area (Å²) < 4.78 is 46.4. The van der Waals surface area contributed by atoms with E-state index >= 15 is 0 Å². The molecule has 0 saturated heterocycles. The summed E-state index contributed by atoms with van der Waals surface area (Å²) in [5.41, 5.74) is 2.23. The highest BCUT2D eigenvalue weighted by molar-refractivity contribution is 5.88. The average Bonchev–Trinajstić information content (AvgIpc) is 2.84. The van der Waals surface area contributed by atoms with Crippen molar-refractivity contribution in [3.63, 3.8) is 0 Å². The van der Waals surface area contributed by atoms with Crippen LogP contribution in [0.15, 0.2) is 66.7 Å². The zero-order chi connectivity index (χ0) is 25.7. The molecule has 2 N–H and O–H groups in total. The Kier molecular flexibility index (Phi) is 7.59. The van der Waals surface area contributed by atoms with Gasteiger partial charge in [0.05, 0.1) is 5.56 Å². The van der Waals surface area contributed by atoms with E-state index in [0.717, 1.165) is 36.7 Å². The third kappa shape index (κ3) is 6.23. The van der Waals surface area contributed by atoms with Crippen LogP contribution in [0.2, 0.25) is 0 Å². The molecule has 0 fully saturated rings. The largest absolute Gasteiger partial charge is 0.420 e. The molecule has 1 aliphatic rings. The van der Waals surface area contributed by atoms with Gasteiger partial charge in [-0.2, -0.15) is 13.2 Å². The summed E-state index contributed by atoms with van der Waals surface area (Å²) in [5.74, 6) is -0.606. The smallest absolute Gasteiger partial charge is 0.409 e. The van der Waals surface area contributed by atoms with Crippen molar-refractivity contribution in [1.29, 1.82) is 0 Å². The van der Waals surface area contributed by atoms with Gasteiger partial charge in [0.25, 0.3) is 0 Å². The fourth-order valence-electron chi connectivity index (χ4n) is 4.22. The minimum absolute atomic E-state index is 0.0660. The summed E-state index contributed by atoms with van der Waals surface area (Å²) in [5, 5.41) is 5.35. The van der Waals surface area contributed by atoms with Crippen LogP contribution in [0.1, 0.15) is 23.6 Å². The zero-order valence-corrected chi connectivity index (χ0v) is 19.7. The number of hydrogen-bond acceptors (Lipinski definition) is 4. The lowest BCUT2D eigenvalue weighted by Crippen LogP contribution is -2.37. The number of benzene rings is 3. The number of carbonyl (C=O) groups excluding carboxylic acids is 2. The topological polar surface area (TPSA) is 70.7 Å². The number of anilines is 1. The molecule has 4 rings (SSSR count). The second-order valence-corrected chi connectivity index (χ2v) is 8.55. The van der Waals surface area contributed by atoms with Gasteiger partial charge in [0.2, 0.25) is 5.91 Å². The lowest BCUT2D eigenvalue weighted by molar-refractivity contribution is -0.138. The third-order valence-electron chi connectivity index (χ3n) is 5.95. The van der Waals surface area contributed by atoms with Gasteiger partial charge < -0.3 is 10.1 Å². The van der Waals surface area contributed by atoms with Crippen LogP contribution in [0.25, 0.3) is 11.1 Å². The highest BCUT2D eigenvalue weighted by atomic mass is 19.4. The summed E-state index contributed by atoms with van der Waals surface area (Å²) in [4.78, 5) is 26.0. The van der Waals surface area contributed by atoms with E-state index in [2.05, 4.69) is 15.5 Å². The Morgan fingerprint density at radius 1 is 1.00 bits per heavy atom. The van der Waals surface area contributed by atoms with Crippen LogP contribution in [-0.2, 0) is 23.9 Å². The van der Waals surface area contributed by atoms with Crippen molar-refractivity contribution >= 4 is 17.7 Å². The van der Waals surface area contributed by atoms with Crippen molar-refractivity contribution in [2.75, 3.05) is 25.0 Å². The Morgan fingerprint density at radius 2 is 1.78 bits per heavy atom. The molecule has 188 valence electrons. The van der Waals surface area contributed by atoms with Crippen molar-refractivity contribution in [1.82, 2.24) is 10.2 Å². The molecule has 36 heavy (non-hydrogen) atoms. The first-order valence-electron chi connectivity index (χ1n) is 11.5. The van der Waals surface area contributed by atoms with Gasteiger partial charge in [0.1, 0.15) is 0 Å². The Morgan fingerprint density at radius 3 is 2.50 bits per heavy atom. The number of halogens is 3. The van der Waals surface area contributed by atoms with Gasteiger partial charge in [-0.15, -0.1) is 0 Å². The van der Waals surface area contributed by atoms with Gasteiger partial charge in [0.15, 0.2) is 5.75 Å². The number of para-hydroxylation sites is 1. The number of rotatable bonds is 6. The number of carbonyl (C=O) groups is 2. The first kappa shape index (κ1) is 25.2. The summed E-state index contributed by atoms with van der Waals surface area (Å²) in [6.07, 6.45) is -4.95. The van der Waals surface area contributed by atoms with Gasteiger partial charge in [0, 0.05) is 44.4 Å². The molecule has 0 unspecified atom stereocenters. The molecular formula is C27H26F3N3O3. The predicted molar refractivity (Wildman–Crippen MR) is 131 cm³/mol. The fourth-order valence-corrected chi connectivity index (χ4v) is 4.22. The maximum Gasteiger partial charge on any atom is 0.420 e. The molecule has 9 heteroatoms. The molecule has 3 aromatic carbocycles. The molecule has 0 bridgehead atoms. The van der Waals surface area contributed by atoms with E-state index in [9.17, 15) is 22.8 Å². The van der Waals surface area contributed by atoms with Crippen LogP contribution in [0.4, 0.5) is 23.7 Å². The Labute approximate surface area is 207 Å². The molecule has 0 saturated carbocycles. The molecule has 0 aromatic heterocycles. The predicted octanol–water partition coefficient (Wildman–Crippen LogP) is 5.48. The van der Waals surface area contributed by atoms with Crippen molar-refractivity contribution < 1.29 is 27.5 Å². The molecule has 0 aliphatic carbocycles. The number of nitrogens with zero attached hydrogens (tertiary/aromatic N) is 1. The van der Waals surface area contributed by atoms with Crippen molar-refractivity contribution in [3.8, 4) is 16.9 Å². The van der Waals surface area contributed by atoms with Crippen molar-refractivity contribution in [2.24, 2.45) is 0 Å². The van der Waals surface area contributed by atoms with E-state index in [-0.39, 0.29) is 11.5 Å². The van der Waals surface area contributed by atoms with Gasteiger partial charge >= 0.3 is 12.3 Å². The Bertz CT molecular complexity index is 1250. The second-order valence-electron chi connectivity index (χ2n) is 8.55. The first-order chi connectivity index (χ1) is 17.2. The molecule has 6 nitrogen and oxygen atoms in total. The zero-order valence-electron chi connectivity index (χ0n) is 19.7. The number of hydrogen-bond donors (Lipinski definition) is 2. The summed E-state index contributed by atoms with van der Waals surface area (Å²) in [6, 6.07) is 17.5. The molecular weight excluding hydrogens is 471 g/mol. The van der Waals surface area contributed by atoms with Crippen molar-refractivity contribution in [2.45, 2.75) is 26.1 Å². The normalized spacial score (nSPS) is 13.6. The summed E-state index contributed by atoms with van der Waals surface area (Å²) in [7, 11) is 0.